The molecule has 0 bridgehead atoms. The highest BCUT2D eigenvalue weighted by Gasteiger charge is 2.22. The number of aromatic hydroxyl groups is 1. The van der Waals surface area contributed by atoms with Gasteiger partial charge in [-0.15, -0.1) is 0 Å². The van der Waals surface area contributed by atoms with Gasteiger partial charge in [0.15, 0.2) is 5.75 Å². The molecule has 1 fully saturated rings. The first kappa shape index (κ1) is 20.0. The third kappa shape index (κ3) is 3.90. The van der Waals surface area contributed by atoms with Gasteiger partial charge in [-0.05, 0) is 6.07 Å². The molecule has 0 unspecified atom stereocenters. The summed E-state index contributed by atoms with van der Waals surface area (Å²) in [5.74, 6) is -0.458. The van der Waals surface area contributed by atoms with E-state index in [1.54, 1.807) is 24.3 Å². The fraction of sp³-hybridized carbons (Fsp3) is 0.333. The molecule has 8 heteroatoms. The average Bonchev–Trinajstić information content (AvgIpc) is 2.60. The van der Waals surface area contributed by atoms with Crippen LogP contribution >= 0.6 is 11.6 Å². The van der Waals surface area contributed by atoms with Gasteiger partial charge >= 0.3 is 0 Å². The second-order valence-electron chi connectivity index (χ2n) is 5.81. The van der Waals surface area contributed by atoms with Crippen LogP contribution in [-0.2, 0) is 4.74 Å². The van der Waals surface area contributed by atoms with Crippen molar-refractivity contribution in [2.45, 2.75) is 7.43 Å². The Kier molecular flexibility index (Phi) is 6.42. The summed E-state index contributed by atoms with van der Waals surface area (Å²) in [6, 6.07) is 6.81. The van der Waals surface area contributed by atoms with Gasteiger partial charge < -0.3 is 26.0 Å². The van der Waals surface area contributed by atoms with Gasteiger partial charge in [0.25, 0.3) is 0 Å². The normalized spacial score (nSPS) is 14.7. The Morgan fingerprint density at radius 1 is 1.35 bits per heavy atom. The van der Waals surface area contributed by atoms with Crippen LogP contribution in [0.15, 0.2) is 29.1 Å². The molecule has 5 N–H and O–H groups in total. The van der Waals surface area contributed by atoms with Crippen LogP contribution in [0.5, 0.6) is 5.75 Å². The van der Waals surface area contributed by atoms with Crippen LogP contribution in [0.3, 0.4) is 0 Å². The maximum absolute atomic E-state index is 12.6. The number of ether oxygens (including phenoxy) is 1. The molecule has 0 radical (unpaired) electrons. The molecule has 1 aliphatic rings. The molecule has 1 aromatic carbocycles. The molecule has 0 aliphatic carbocycles. The van der Waals surface area contributed by atoms with Gasteiger partial charge in [-0.1, -0.05) is 37.2 Å². The number of anilines is 1. The quantitative estimate of drug-likeness (QED) is 0.609. The van der Waals surface area contributed by atoms with E-state index in [2.05, 4.69) is 4.98 Å². The van der Waals surface area contributed by atoms with Crippen molar-refractivity contribution in [2.75, 3.05) is 38.6 Å². The molecular formula is C18H23ClN4O3. The molecule has 3 rings (SSSR count). The van der Waals surface area contributed by atoms with Crippen molar-refractivity contribution >= 4 is 23.1 Å². The lowest BCUT2D eigenvalue weighted by Crippen LogP contribution is -2.40. The van der Waals surface area contributed by atoms with E-state index in [0.717, 1.165) is 0 Å². The molecule has 7 nitrogen and oxygen atoms in total. The van der Waals surface area contributed by atoms with Crippen molar-refractivity contribution in [1.29, 1.82) is 5.41 Å². The van der Waals surface area contributed by atoms with Gasteiger partial charge in [-0.3, -0.25) is 9.69 Å². The summed E-state index contributed by atoms with van der Waals surface area (Å²) in [5, 5.41) is 19.0. The van der Waals surface area contributed by atoms with Crippen LogP contribution < -0.4 is 11.2 Å². The molecule has 0 amide bonds. The number of nitrogens with zero attached hydrogens (tertiary/aromatic N) is 1. The highest BCUT2D eigenvalue weighted by Crippen LogP contribution is 2.31. The van der Waals surface area contributed by atoms with Crippen LogP contribution in [0, 0.1) is 5.41 Å². The number of hydrogen-bond acceptors (Lipinski definition) is 6. The predicted octanol–water partition coefficient (Wildman–Crippen LogP) is 2.32. The Bertz CT molecular complexity index is 860. The number of aromatic nitrogens is 1. The lowest BCUT2D eigenvalue weighted by atomic mass is 10.0. The minimum atomic E-state index is -0.676. The summed E-state index contributed by atoms with van der Waals surface area (Å²) in [5.41, 5.74) is 5.98. The zero-order chi connectivity index (χ0) is 18.0. The largest absolute Gasteiger partial charge is 0.503 e. The second-order valence-corrected chi connectivity index (χ2v) is 6.22. The molecular weight excluding hydrogens is 356 g/mol. The molecule has 2 heterocycles. The van der Waals surface area contributed by atoms with Gasteiger partial charge in [0.05, 0.1) is 35.2 Å². The van der Waals surface area contributed by atoms with Crippen LogP contribution in [0.2, 0.25) is 5.02 Å². The Hall–Kier alpha value is -2.35. The Balaban J connectivity index is 0.00000243. The number of nitrogens with two attached hydrogens (primary N) is 1. The molecule has 1 aliphatic heterocycles. The van der Waals surface area contributed by atoms with Gasteiger partial charge in [0.2, 0.25) is 5.43 Å². The van der Waals surface area contributed by atoms with Crippen molar-refractivity contribution in [3.63, 3.8) is 0 Å². The van der Waals surface area contributed by atoms with Gasteiger partial charge in [-0.25, -0.2) is 0 Å². The predicted molar refractivity (Wildman–Crippen MR) is 104 cm³/mol. The van der Waals surface area contributed by atoms with Crippen LogP contribution in [0.1, 0.15) is 13.0 Å². The first-order chi connectivity index (χ1) is 12.0. The number of nitrogens with one attached hydrogen (secondary N) is 2. The smallest absolute Gasteiger partial charge is 0.235 e. The van der Waals surface area contributed by atoms with Gasteiger partial charge in [0, 0.05) is 25.2 Å². The molecule has 0 saturated carbocycles. The standard InChI is InChI=1S/C17H19ClN4O3.CH4/c18-11-4-2-1-3-10(11)14-16(24)15(23)13(17(20)21-14)12(19)9-22-5-7-25-8-6-22;/h1-4,19,24H,5-9H2,(H3,20,21,23);1H4. The van der Waals surface area contributed by atoms with Gasteiger partial charge in [-0.2, -0.15) is 0 Å². The minimum Gasteiger partial charge on any atom is -0.503 e. The Labute approximate surface area is 156 Å². The Morgan fingerprint density at radius 2 is 2.00 bits per heavy atom. The lowest BCUT2D eigenvalue weighted by Gasteiger charge is -2.26. The number of benzene rings is 1. The zero-order valence-electron chi connectivity index (χ0n) is 13.5. The van der Waals surface area contributed by atoms with E-state index in [9.17, 15) is 9.90 Å². The summed E-state index contributed by atoms with van der Waals surface area (Å²) < 4.78 is 5.27. The Morgan fingerprint density at radius 3 is 2.65 bits per heavy atom. The van der Waals surface area contributed by atoms with Crippen molar-refractivity contribution in [1.82, 2.24) is 9.88 Å². The van der Waals surface area contributed by atoms with Crippen molar-refractivity contribution in [2.24, 2.45) is 0 Å². The van der Waals surface area contributed by atoms with E-state index >= 15 is 0 Å². The summed E-state index contributed by atoms with van der Waals surface area (Å²) >= 11 is 6.13. The summed E-state index contributed by atoms with van der Waals surface area (Å²) in [6.07, 6.45) is 0. The summed E-state index contributed by atoms with van der Waals surface area (Å²) in [6.45, 7) is 2.82. The van der Waals surface area contributed by atoms with E-state index in [0.29, 0.717) is 36.9 Å². The van der Waals surface area contributed by atoms with E-state index in [-0.39, 0.29) is 36.8 Å². The molecule has 0 atom stereocenters. The lowest BCUT2D eigenvalue weighted by molar-refractivity contribution is 0.0453. The highest BCUT2D eigenvalue weighted by molar-refractivity contribution is 6.33. The molecule has 140 valence electrons. The summed E-state index contributed by atoms with van der Waals surface area (Å²) in [7, 11) is 0. The number of nitrogen functional groups attached to an aromatic ring is 1. The first-order valence-corrected chi connectivity index (χ1v) is 8.24. The van der Waals surface area contributed by atoms with Crippen LogP contribution in [0.25, 0.3) is 11.3 Å². The van der Waals surface area contributed by atoms with Crippen LogP contribution in [-0.4, -0.2) is 53.6 Å². The SMILES string of the molecule is C.N=C(CN1CCOCC1)c1c(N)[nH]c(-c2ccccc2Cl)c(O)c1=O. The van der Waals surface area contributed by atoms with Crippen LogP contribution in [0.4, 0.5) is 5.82 Å². The number of hydrogen-bond donors (Lipinski definition) is 4. The van der Waals surface area contributed by atoms with Crippen molar-refractivity contribution in [3.8, 4) is 17.0 Å². The maximum atomic E-state index is 12.6. The van der Waals surface area contributed by atoms with E-state index in [1.165, 1.54) is 0 Å². The molecule has 1 aromatic heterocycles. The topological polar surface area (TPSA) is 115 Å². The third-order valence-electron chi connectivity index (χ3n) is 4.14. The second kappa shape index (κ2) is 8.35. The minimum absolute atomic E-state index is 0. The monoisotopic (exact) mass is 378 g/mol. The number of morpholine rings is 1. The van der Waals surface area contributed by atoms with Crippen molar-refractivity contribution in [3.05, 3.63) is 45.1 Å². The number of pyridine rings is 1. The third-order valence-corrected chi connectivity index (χ3v) is 4.47. The summed E-state index contributed by atoms with van der Waals surface area (Å²) in [4.78, 5) is 17.4. The molecule has 1 saturated heterocycles. The van der Waals surface area contributed by atoms with E-state index in [4.69, 9.17) is 27.5 Å². The fourth-order valence-corrected chi connectivity index (χ4v) is 3.06. The van der Waals surface area contributed by atoms with Gasteiger partial charge in [0.1, 0.15) is 5.82 Å². The number of H-pyrrole nitrogens is 1. The highest BCUT2D eigenvalue weighted by atomic mass is 35.5. The van der Waals surface area contributed by atoms with E-state index < -0.39 is 11.2 Å². The average molecular weight is 379 g/mol. The first-order valence-electron chi connectivity index (χ1n) is 7.86. The number of aromatic amines is 1. The van der Waals surface area contributed by atoms with Crippen molar-refractivity contribution < 1.29 is 9.84 Å². The molecule has 0 spiro atoms. The zero-order valence-corrected chi connectivity index (χ0v) is 14.3. The maximum Gasteiger partial charge on any atom is 0.235 e. The van der Waals surface area contributed by atoms with E-state index in [1.807, 2.05) is 4.90 Å². The number of rotatable bonds is 4. The number of halogens is 1. The molecule has 2 aromatic rings. The molecule has 26 heavy (non-hydrogen) atoms. The fourth-order valence-electron chi connectivity index (χ4n) is 2.83.